The Balaban J connectivity index is 2.15. The molecule has 0 bridgehead atoms. The van der Waals surface area contributed by atoms with Gasteiger partial charge in [0, 0.05) is 6.61 Å². The molecule has 0 amide bonds. The van der Waals surface area contributed by atoms with Crippen LogP contribution in [0, 0.1) is 0 Å². The smallest absolute Gasteiger partial charge is 0.166 e. The zero-order valence-corrected chi connectivity index (χ0v) is 9.51. The van der Waals surface area contributed by atoms with Crippen molar-refractivity contribution in [3.63, 3.8) is 0 Å². The molecule has 0 unspecified atom stereocenters. The Labute approximate surface area is 94.6 Å². The van der Waals surface area contributed by atoms with Crippen LogP contribution in [0.5, 0.6) is 0 Å². The van der Waals surface area contributed by atoms with Crippen LogP contribution in [0.4, 0.5) is 0 Å². The van der Waals surface area contributed by atoms with Crippen molar-refractivity contribution in [3.05, 3.63) is 17.3 Å². The SMILES string of the molecule is Brc1ncnc2c1ncn2[C@H]1CCCO1. The molecule has 6 heteroatoms. The Morgan fingerprint density at radius 2 is 2.33 bits per heavy atom. The van der Waals surface area contributed by atoms with E-state index in [1.54, 1.807) is 6.33 Å². The van der Waals surface area contributed by atoms with E-state index in [-0.39, 0.29) is 6.23 Å². The van der Waals surface area contributed by atoms with Crippen LogP contribution in [-0.4, -0.2) is 26.1 Å². The van der Waals surface area contributed by atoms with Crippen LogP contribution < -0.4 is 0 Å². The predicted molar refractivity (Wildman–Crippen MR) is 57.2 cm³/mol. The van der Waals surface area contributed by atoms with Crippen LogP contribution in [0.1, 0.15) is 19.1 Å². The number of rotatable bonds is 1. The van der Waals surface area contributed by atoms with Crippen molar-refractivity contribution in [2.75, 3.05) is 6.61 Å². The molecule has 3 rings (SSSR count). The number of halogens is 1. The summed E-state index contributed by atoms with van der Waals surface area (Å²) in [5, 5.41) is 0. The van der Waals surface area contributed by atoms with Gasteiger partial charge < -0.3 is 4.74 Å². The van der Waals surface area contributed by atoms with Gasteiger partial charge in [-0.2, -0.15) is 0 Å². The standard InChI is InChI=1S/C9H9BrN4O/c10-8-7-9(12-4-11-8)14(5-13-7)6-2-1-3-15-6/h4-6H,1-3H2/t6-/m1/s1. The van der Waals surface area contributed by atoms with Crippen molar-refractivity contribution in [2.45, 2.75) is 19.1 Å². The van der Waals surface area contributed by atoms with E-state index in [0.717, 1.165) is 35.2 Å². The third-order valence-corrected chi connectivity index (χ3v) is 3.11. The fraction of sp³-hybridized carbons (Fsp3) is 0.444. The van der Waals surface area contributed by atoms with E-state index in [1.807, 2.05) is 4.57 Å². The van der Waals surface area contributed by atoms with Crippen LogP contribution in [0.3, 0.4) is 0 Å². The summed E-state index contributed by atoms with van der Waals surface area (Å²) in [6.45, 7) is 0.816. The Morgan fingerprint density at radius 3 is 3.13 bits per heavy atom. The molecule has 0 spiro atoms. The first-order chi connectivity index (χ1) is 7.36. The summed E-state index contributed by atoms with van der Waals surface area (Å²) >= 11 is 3.35. The second-order valence-corrected chi connectivity index (χ2v) is 4.21. The lowest BCUT2D eigenvalue weighted by Crippen LogP contribution is -2.06. The van der Waals surface area contributed by atoms with Crippen LogP contribution >= 0.6 is 15.9 Å². The number of imidazole rings is 1. The minimum atomic E-state index is 0.0804. The maximum absolute atomic E-state index is 5.59. The molecule has 15 heavy (non-hydrogen) atoms. The molecule has 0 aliphatic carbocycles. The molecular weight excluding hydrogens is 260 g/mol. The van der Waals surface area contributed by atoms with Gasteiger partial charge >= 0.3 is 0 Å². The normalized spacial score (nSPS) is 21.3. The average molecular weight is 269 g/mol. The van der Waals surface area contributed by atoms with Gasteiger partial charge in [-0.05, 0) is 28.8 Å². The highest BCUT2D eigenvalue weighted by molar-refractivity contribution is 9.10. The summed E-state index contributed by atoms with van der Waals surface area (Å²) in [5.41, 5.74) is 1.61. The maximum atomic E-state index is 5.59. The largest absolute Gasteiger partial charge is 0.358 e. The highest BCUT2D eigenvalue weighted by Crippen LogP contribution is 2.27. The molecule has 1 saturated heterocycles. The lowest BCUT2D eigenvalue weighted by Gasteiger charge is -2.10. The topological polar surface area (TPSA) is 52.8 Å². The number of nitrogens with zero attached hydrogens (tertiary/aromatic N) is 4. The van der Waals surface area contributed by atoms with E-state index in [2.05, 4.69) is 30.9 Å². The van der Waals surface area contributed by atoms with E-state index in [9.17, 15) is 0 Å². The third kappa shape index (κ3) is 1.44. The summed E-state index contributed by atoms with van der Waals surface area (Å²) in [6.07, 6.45) is 5.49. The number of hydrogen-bond donors (Lipinski definition) is 0. The third-order valence-electron chi connectivity index (χ3n) is 2.53. The van der Waals surface area contributed by atoms with Crippen LogP contribution in [-0.2, 0) is 4.74 Å². The summed E-state index contributed by atoms with van der Waals surface area (Å²) in [5.74, 6) is 0. The fourth-order valence-corrected chi connectivity index (χ4v) is 2.19. The molecule has 1 fully saturated rings. The van der Waals surface area contributed by atoms with Gasteiger partial charge in [0.25, 0.3) is 0 Å². The minimum Gasteiger partial charge on any atom is -0.358 e. The molecule has 0 saturated carbocycles. The first-order valence-electron chi connectivity index (χ1n) is 4.81. The van der Waals surface area contributed by atoms with Gasteiger partial charge in [-0.1, -0.05) is 0 Å². The molecule has 0 N–H and O–H groups in total. The van der Waals surface area contributed by atoms with Crippen molar-refractivity contribution in [1.82, 2.24) is 19.5 Å². The zero-order chi connectivity index (χ0) is 10.3. The van der Waals surface area contributed by atoms with E-state index in [4.69, 9.17) is 4.74 Å². The summed E-state index contributed by atoms with van der Waals surface area (Å²) in [7, 11) is 0. The van der Waals surface area contributed by atoms with Crippen molar-refractivity contribution in [3.8, 4) is 0 Å². The first-order valence-corrected chi connectivity index (χ1v) is 5.60. The second-order valence-electron chi connectivity index (χ2n) is 3.46. The molecule has 5 nitrogen and oxygen atoms in total. The molecule has 2 aromatic rings. The Hall–Kier alpha value is -1.01. The highest BCUT2D eigenvalue weighted by atomic mass is 79.9. The van der Waals surface area contributed by atoms with Crippen molar-refractivity contribution in [2.24, 2.45) is 0 Å². The molecule has 2 aromatic heterocycles. The number of aromatic nitrogens is 4. The predicted octanol–water partition coefficient (Wildman–Crippen LogP) is 1.90. The Kier molecular flexibility index (Phi) is 2.17. The fourth-order valence-electron chi connectivity index (χ4n) is 1.81. The van der Waals surface area contributed by atoms with Crippen molar-refractivity contribution >= 4 is 27.1 Å². The monoisotopic (exact) mass is 268 g/mol. The van der Waals surface area contributed by atoms with Gasteiger partial charge in [-0.25, -0.2) is 15.0 Å². The number of fused-ring (bicyclic) bond motifs is 1. The Bertz CT molecular complexity index is 492. The summed E-state index contributed by atoms with van der Waals surface area (Å²) in [4.78, 5) is 12.5. The molecule has 1 atom stereocenters. The van der Waals surface area contributed by atoms with E-state index in [1.165, 1.54) is 6.33 Å². The van der Waals surface area contributed by atoms with Crippen molar-refractivity contribution < 1.29 is 4.74 Å². The van der Waals surface area contributed by atoms with Gasteiger partial charge in [0.15, 0.2) is 5.65 Å². The molecular formula is C9H9BrN4O. The second kappa shape index (κ2) is 3.53. The highest BCUT2D eigenvalue weighted by Gasteiger charge is 2.20. The van der Waals surface area contributed by atoms with Gasteiger partial charge in [-0.15, -0.1) is 0 Å². The number of ether oxygens (including phenoxy) is 1. The van der Waals surface area contributed by atoms with E-state index < -0.39 is 0 Å². The Morgan fingerprint density at radius 1 is 1.40 bits per heavy atom. The summed E-state index contributed by atoms with van der Waals surface area (Å²) < 4.78 is 8.29. The van der Waals surface area contributed by atoms with Crippen molar-refractivity contribution in [1.29, 1.82) is 0 Å². The first kappa shape index (κ1) is 9.23. The van der Waals surface area contributed by atoms with Crippen LogP contribution in [0.25, 0.3) is 11.2 Å². The van der Waals surface area contributed by atoms with E-state index >= 15 is 0 Å². The average Bonchev–Trinajstić information content (AvgIpc) is 2.85. The molecule has 0 aromatic carbocycles. The van der Waals surface area contributed by atoms with Gasteiger partial charge in [0.2, 0.25) is 0 Å². The summed E-state index contributed by atoms with van der Waals surface area (Å²) in [6, 6.07) is 0. The quantitative estimate of drug-likeness (QED) is 0.742. The molecule has 3 heterocycles. The van der Waals surface area contributed by atoms with Gasteiger partial charge in [-0.3, -0.25) is 4.57 Å². The lowest BCUT2D eigenvalue weighted by atomic mass is 10.3. The van der Waals surface area contributed by atoms with Gasteiger partial charge in [0.05, 0.1) is 6.33 Å². The van der Waals surface area contributed by atoms with Crippen LogP contribution in [0.2, 0.25) is 0 Å². The van der Waals surface area contributed by atoms with E-state index in [0.29, 0.717) is 0 Å². The molecule has 0 radical (unpaired) electrons. The zero-order valence-electron chi connectivity index (χ0n) is 7.93. The molecule has 1 aliphatic rings. The van der Waals surface area contributed by atoms with Gasteiger partial charge in [0.1, 0.15) is 22.7 Å². The van der Waals surface area contributed by atoms with Crippen LogP contribution in [0.15, 0.2) is 17.3 Å². The maximum Gasteiger partial charge on any atom is 0.166 e. The molecule has 78 valence electrons. The molecule has 1 aliphatic heterocycles. The number of hydrogen-bond acceptors (Lipinski definition) is 4. The lowest BCUT2D eigenvalue weighted by molar-refractivity contribution is 0.0593. The minimum absolute atomic E-state index is 0.0804.